The average molecular weight is 303 g/mol. The van der Waals surface area contributed by atoms with Crippen molar-refractivity contribution >= 4 is 22.8 Å². The van der Waals surface area contributed by atoms with E-state index in [0.29, 0.717) is 6.54 Å². The smallest absolute Gasteiger partial charge is 0.239 e. The zero-order valence-electron chi connectivity index (χ0n) is 12.6. The van der Waals surface area contributed by atoms with Crippen LogP contribution >= 0.6 is 0 Å². The van der Waals surface area contributed by atoms with Crippen molar-refractivity contribution in [3.63, 3.8) is 0 Å². The number of aromatic nitrogens is 2. The molecule has 0 spiro atoms. The van der Waals surface area contributed by atoms with Crippen molar-refractivity contribution in [1.82, 2.24) is 20.2 Å². The summed E-state index contributed by atoms with van der Waals surface area (Å²) in [5.41, 5.74) is 7.22. The van der Waals surface area contributed by atoms with Gasteiger partial charge in [0.2, 0.25) is 11.8 Å². The monoisotopic (exact) mass is 303 g/mol. The lowest BCUT2D eigenvalue weighted by molar-refractivity contribution is -0.125. The molecule has 118 valence electrons. The first kappa shape index (κ1) is 16.0. The van der Waals surface area contributed by atoms with Gasteiger partial charge in [-0.3, -0.25) is 9.59 Å². The van der Waals surface area contributed by atoms with Crippen LogP contribution < -0.4 is 16.4 Å². The van der Waals surface area contributed by atoms with Gasteiger partial charge in [-0.15, -0.1) is 0 Å². The Labute approximate surface area is 128 Å². The molecular weight excluding hydrogens is 282 g/mol. The molecule has 7 heteroatoms. The molecule has 1 heterocycles. The molecule has 1 aromatic heterocycles. The molecule has 0 aliphatic rings. The predicted molar refractivity (Wildman–Crippen MR) is 84.1 cm³/mol. The highest BCUT2D eigenvalue weighted by atomic mass is 16.2. The van der Waals surface area contributed by atoms with Gasteiger partial charge in [0.25, 0.3) is 0 Å². The van der Waals surface area contributed by atoms with E-state index in [0.717, 1.165) is 29.7 Å². The molecule has 2 rings (SSSR count). The number of carbonyl (C=O) groups is 2. The predicted octanol–water partition coefficient (Wildman–Crippen LogP) is -0.303. The van der Waals surface area contributed by atoms with Crippen LogP contribution in [0.1, 0.15) is 12.2 Å². The molecule has 2 amide bonds. The molecule has 22 heavy (non-hydrogen) atoms. The maximum absolute atomic E-state index is 11.5. The Morgan fingerprint density at radius 1 is 1.23 bits per heavy atom. The molecule has 7 nitrogen and oxygen atoms in total. The van der Waals surface area contributed by atoms with E-state index < -0.39 is 0 Å². The van der Waals surface area contributed by atoms with Crippen LogP contribution in [-0.4, -0.2) is 41.0 Å². The molecule has 2 aromatic rings. The summed E-state index contributed by atoms with van der Waals surface area (Å²) < 4.78 is 2.07. The molecule has 0 saturated heterocycles. The van der Waals surface area contributed by atoms with Gasteiger partial charge in [-0.25, -0.2) is 4.98 Å². The number of para-hydroxylation sites is 2. The SMILES string of the molecule is Cn1c(CCCNC(=O)CNC(=O)CN)nc2ccccc21. The summed E-state index contributed by atoms with van der Waals surface area (Å²) in [6.07, 6.45) is 1.56. The minimum atomic E-state index is -0.338. The van der Waals surface area contributed by atoms with Gasteiger partial charge < -0.3 is 20.9 Å². The molecular formula is C15H21N5O2. The van der Waals surface area contributed by atoms with Crippen LogP contribution in [0.5, 0.6) is 0 Å². The first-order valence-corrected chi connectivity index (χ1v) is 7.25. The maximum Gasteiger partial charge on any atom is 0.239 e. The summed E-state index contributed by atoms with van der Waals surface area (Å²) >= 11 is 0. The number of nitrogens with two attached hydrogens (primary N) is 1. The number of carbonyl (C=O) groups excluding carboxylic acids is 2. The minimum Gasteiger partial charge on any atom is -0.355 e. The molecule has 0 unspecified atom stereocenters. The number of amides is 2. The Morgan fingerprint density at radius 3 is 2.73 bits per heavy atom. The first-order chi connectivity index (χ1) is 10.6. The second-order valence-corrected chi connectivity index (χ2v) is 5.01. The Bertz CT molecular complexity index is 665. The van der Waals surface area contributed by atoms with Crippen LogP contribution in [0.3, 0.4) is 0 Å². The zero-order valence-corrected chi connectivity index (χ0v) is 12.6. The fourth-order valence-corrected chi connectivity index (χ4v) is 2.21. The summed E-state index contributed by atoms with van der Waals surface area (Å²) in [4.78, 5) is 27.0. The third-order valence-corrected chi connectivity index (χ3v) is 3.41. The van der Waals surface area contributed by atoms with E-state index in [1.54, 1.807) is 0 Å². The molecule has 0 aliphatic carbocycles. The third kappa shape index (κ3) is 4.05. The third-order valence-electron chi connectivity index (χ3n) is 3.41. The van der Waals surface area contributed by atoms with E-state index in [-0.39, 0.29) is 24.9 Å². The number of benzene rings is 1. The standard InChI is InChI=1S/C15H21N5O2/c1-20-12-6-3-2-5-11(12)19-13(20)7-4-8-17-15(22)10-18-14(21)9-16/h2-3,5-6H,4,7-10,16H2,1H3,(H,17,22)(H,18,21). The zero-order chi connectivity index (χ0) is 15.9. The number of fused-ring (bicyclic) bond motifs is 1. The average Bonchev–Trinajstić information content (AvgIpc) is 2.86. The van der Waals surface area contributed by atoms with Gasteiger partial charge in [0, 0.05) is 20.0 Å². The minimum absolute atomic E-state index is 0.0394. The summed E-state index contributed by atoms with van der Waals surface area (Å²) in [6.45, 7) is 0.392. The summed E-state index contributed by atoms with van der Waals surface area (Å²) in [7, 11) is 1.99. The van der Waals surface area contributed by atoms with Crippen molar-refractivity contribution in [2.75, 3.05) is 19.6 Å². The van der Waals surface area contributed by atoms with Gasteiger partial charge in [-0.1, -0.05) is 12.1 Å². The lowest BCUT2D eigenvalue weighted by atomic mass is 10.3. The molecule has 0 atom stereocenters. The maximum atomic E-state index is 11.5. The Hall–Kier alpha value is -2.41. The summed E-state index contributed by atoms with van der Waals surface area (Å²) in [6, 6.07) is 7.98. The number of nitrogens with one attached hydrogen (secondary N) is 2. The lowest BCUT2D eigenvalue weighted by Gasteiger charge is -2.06. The number of hydrogen-bond donors (Lipinski definition) is 3. The van der Waals surface area contributed by atoms with Crippen molar-refractivity contribution in [3.05, 3.63) is 30.1 Å². The summed E-state index contributed by atoms with van der Waals surface area (Å²) in [5.74, 6) is 0.438. The van der Waals surface area contributed by atoms with Gasteiger partial charge >= 0.3 is 0 Å². The molecule has 0 aliphatic heterocycles. The number of rotatable bonds is 7. The van der Waals surface area contributed by atoms with E-state index >= 15 is 0 Å². The summed E-state index contributed by atoms with van der Waals surface area (Å²) in [5, 5.41) is 5.18. The highest BCUT2D eigenvalue weighted by Crippen LogP contribution is 2.14. The van der Waals surface area contributed by atoms with Gasteiger partial charge in [-0.05, 0) is 18.6 Å². The Morgan fingerprint density at radius 2 is 2.00 bits per heavy atom. The highest BCUT2D eigenvalue weighted by Gasteiger charge is 2.07. The Balaban J connectivity index is 1.75. The van der Waals surface area contributed by atoms with Crippen LogP contribution in [0.2, 0.25) is 0 Å². The van der Waals surface area contributed by atoms with Gasteiger partial charge in [0.15, 0.2) is 0 Å². The van der Waals surface area contributed by atoms with Crippen LogP contribution in [0.25, 0.3) is 11.0 Å². The van der Waals surface area contributed by atoms with Crippen molar-refractivity contribution in [3.8, 4) is 0 Å². The van der Waals surface area contributed by atoms with Gasteiger partial charge in [0.1, 0.15) is 5.82 Å². The highest BCUT2D eigenvalue weighted by molar-refractivity contribution is 5.85. The van der Waals surface area contributed by atoms with E-state index in [1.807, 2.05) is 31.3 Å². The van der Waals surface area contributed by atoms with Crippen LogP contribution in [0.4, 0.5) is 0 Å². The van der Waals surface area contributed by atoms with Crippen LogP contribution in [0, 0.1) is 0 Å². The van der Waals surface area contributed by atoms with E-state index in [9.17, 15) is 9.59 Å². The van der Waals surface area contributed by atoms with E-state index in [1.165, 1.54) is 0 Å². The molecule has 0 radical (unpaired) electrons. The second-order valence-electron chi connectivity index (χ2n) is 5.01. The number of imidazole rings is 1. The van der Waals surface area contributed by atoms with Crippen LogP contribution in [-0.2, 0) is 23.1 Å². The van der Waals surface area contributed by atoms with Crippen molar-refractivity contribution in [1.29, 1.82) is 0 Å². The number of nitrogens with zero attached hydrogens (tertiary/aromatic N) is 2. The first-order valence-electron chi connectivity index (χ1n) is 7.25. The fourth-order valence-electron chi connectivity index (χ4n) is 2.21. The van der Waals surface area contributed by atoms with E-state index in [4.69, 9.17) is 5.73 Å². The quantitative estimate of drug-likeness (QED) is 0.611. The second kappa shape index (κ2) is 7.56. The van der Waals surface area contributed by atoms with Gasteiger partial charge in [0.05, 0.1) is 24.1 Å². The Kier molecular flexibility index (Phi) is 5.48. The van der Waals surface area contributed by atoms with Crippen molar-refractivity contribution in [2.45, 2.75) is 12.8 Å². The van der Waals surface area contributed by atoms with Crippen molar-refractivity contribution < 1.29 is 9.59 Å². The molecule has 1 aromatic carbocycles. The normalized spacial score (nSPS) is 10.6. The molecule has 0 fully saturated rings. The van der Waals surface area contributed by atoms with Crippen LogP contribution in [0.15, 0.2) is 24.3 Å². The lowest BCUT2D eigenvalue weighted by Crippen LogP contribution is -2.39. The van der Waals surface area contributed by atoms with Gasteiger partial charge in [-0.2, -0.15) is 0 Å². The number of aryl methyl sites for hydroxylation is 2. The molecule has 0 bridgehead atoms. The van der Waals surface area contributed by atoms with E-state index in [2.05, 4.69) is 20.2 Å². The molecule has 4 N–H and O–H groups in total. The molecule has 0 saturated carbocycles. The largest absolute Gasteiger partial charge is 0.355 e. The fraction of sp³-hybridized carbons (Fsp3) is 0.400. The number of hydrogen-bond acceptors (Lipinski definition) is 4. The topological polar surface area (TPSA) is 102 Å². The van der Waals surface area contributed by atoms with Crippen molar-refractivity contribution in [2.24, 2.45) is 12.8 Å².